The normalized spacial score (nSPS) is 19.7. The lowest BCUT2D eigenvalue weighted by Gasteiger charge is -2.02. The summed E-state index contributed by atoms with van der Waals surface area (Å²) in [4.78, 5) is 4.65. The molecule has 1 aliphatic rings. The summed E-state index contributed by atoms with van der Waals surface area (Å²) in [5.74, 6) is 1.86. The number of aromatic nitrogens is 3. The van der Waals surface area contributed by atoms with Crippen LogP contribution in [0, 0.1) is 0 Å². The van der Waals surface area contributed by atoms with E-state index in [1.54, 1.807) is 0 Å². The molecule has 0 aliphatic carbocycles. The van der Waals surface area contributed by atoms with Crippen LogP contribution in [0.1, 0.15) is 24.7 Å². The first-order valence-electron chi connectivity index (χ1n) is 6.04. The van der Waals surface area contributed by atoms with E-state index in [0.717, 1.165) is 30.2 Å². The first-order valence-corrected chi connectivity index (χ1v) is 6.04. The molecule has 1 aromatic carbocycles. The molecule has 4 nitrogen and oxygen atoms in total. The molecule has 1 N–H and O–H groups in total. The van der Waals surface area contributed by atoms with Crippen LogP contribution in [0.3, 0.4) is 0 Å². The Kier molecular flexibility index (Phi) is 2.65. The fourth-order valence-corrected chi connectivity index (χ4v) is 2.30. The van der Waals surface area contributed by atoms with Crippen molar-refractivity contribution < 1.29 is 0 Å². The summed E-state index contributed by atoms with van der Waals surface area (Å²) in [5, 5.41) is 7.94. The van der Waals surface area contributed by atoms with Gasteiger partial charge in [0.25, 0.3) is 0 Å². The first-order chi connectivity index (χ1) is 8.34. The van der Waals surface area contributed by atoms with Crippen LogP contribution < -0.4 is 5.32 Å². The highest BCUT2D eigenvalue weighted by molar-refractivity contribution is 5.54. The number of hydrogen-bond acceptors (Lipinski definition) is 3. The van der Waals surface area contributed by atoms with Gasteiger partial charge in [0, 0.05) is 12.6 Å². The average Bonchev–Trinajstić information content (AvgIpc) is 2.99. The molecule has 3 rings (SSSR count). The molecule has 1 fully saturated rings. The number of rotatable bonds is 2. The highest BCUT2D eigenvalue weighted by atomic mass is 15.3. The van der Waals surface area contributed by atoms with Gasteiger partial charge in [-0.25, -0.2) is 9.67 Å². The Balaban J connectivity index is 1.96. The van der Waals surface area contributed by atoms with Crippen molar-refractivity contribution in [2.45, 2.75) is 18.9 Å². The van der Waals surface area contributed by atoms with Crippen LogP contribution in [0.5, 0.6) is 0 Å². The predicted molar refractivity (Wildman–Crippen MR) is 66.4 cm³/mol. The Morgan fingerprint density at radius 2 is 2.12 bits per heavy atom. The monoisotopic (exact) mass is 228 g/mol. The van der Waals surface area contributed by atoms with Crippen LogP contribution in [-0.4, -0.2) is 21.3 Å². The third-order valence-corrected chi connectivity index (χ3v) is 3.18. The van der Waals surface area contributed by atoms with Gasteiger partial charge >= 0.3 is 0 Å². The summed E-state index contributed by atoms with van der Waals surface area (Å²) in [6, 6.07) is 10.5. The van der Waals surface area contributed by atoms with Gasteiger partial charge < -0.3 is 5.32 Å². The molecule has 0 bridgehead atoms. The van der Waals surface area contributed by atoms with Gasteiger partial charge in [-0.1, -0.05) is 30.3 Å². The van der Waals surface area contributed by atoms with Gasteiger partial charge in [-0.2, -0.15) is 5.10 Å². The van der Waals surface area contributed by atoms with Gasteiger partial charge in [0.1, 0.15) is 0 Å². The fraction of sp³-hybridized carbons (Fsp3) is 0.385. The van der Waals surface area contributed by atoms with Crippen LogP contribution in [0.4, 0.5) is 0 Å². The number of hydrogen-bond donors (Lipinski definition) is 1. The maximum absolute atomic E-state index is 4.65. The molecular formula is C13H16N4. The van der Waals surface area contributed by atoms with Gasteiger partial charge in [-0.15, -0.1) is 0 Å². The van der Waals surface area contributed by atoms with E-state index in [1.807, 2.05) is 29.9 Å². The minimum Gasteiger partial charge on any atom is -0.307 e. The molecule has 0 radical (unpaired) electrons. The number of benzene rings is 1. The molecule has 2 aromatic rings. The van der Waals surface area contributed by atoms with Gasteiger partial charge in [0.15, 0.2) is 11.6 Å². The fourth-order valence-electron chi connectivity index (χ4n) is 2.30. The zero-order valence-corrected chi connectivity index (χ0v) is 9.93. The number of nitrogens with one attached hydrogen (secondary N) is 1. The zero-order valence-electron chi connectivity index (χ0n) is 9.93. The minimum absolute atomic E-state index is 0.332. The maximum Gasteiger partial charge on any atom is 0.168 e. The van der Waals surface area contributed by atoms with Crippen molar-refractivity contribution in [1.29, 1.82) is 0 Å². The summed E-state index contributed by atoms with van der Waals surface area (Å²) in [6.07, 6.45) is 2.35. The lowest BCUT2D eigenvalue weighted by Crippen LogP contribution is -2.14. The van der Waals surface area contributed by atoms with E-state index >= 15 is 0 Å². The molecule has 2 heterocycles. The van der Waals surface area contributed by atoms with E-state index in [2.05, 4.69) is 27.5 Å². The molecule has 17 heavy (non-hydrogen) atoms. The van der Waals surface area contributed by atoms with Crippen molar-refractivity contribution in [2.24, 2.45) is 7.05 Å². The highest BCUT2D eigenvalue weighted by Gasteiger charge is 2.21. The molecule has 88 valence electrons. The largest absolute Gasteiger partial charge is 0.307 e. The molecule has 1 aromatic heterocycles. The maximum atomic E-state index is 4.65. The Morgan fingerprint density at radius 3 is 2.82 bits per heavy atom. The molecular weight excluding hydrogens is 212 g/mol. The Labute approximate surface area is 101 Å². The summed E-state index contributed by atoms with van der Waals surface area (Å²) >= 11 is 0. The second kappa shape index (κ2) is 4.30. The molecule has 0 saturated carbocycles. The van der Waals surface area contributed by atoms with Gasteiger partial charge in [0.05, 0.1) is 6.04 Å². The summed E-state index contributed by atoms with van der Waals surface area (Å²) in [5.41, 5.74) is 1.12. The average molecular weight is 228 g/mol. The van der Waals surface area contributed by atoms with E-state index in [1.165, 1.54) is 6.42 Å². The topological polar surface area (TPSA) is 42.7 Å². The Morgan fingerprint density at radius 1 is 1.29 bits per heavy atom. The highest BCUT2D eigenvalue weighted by Crippen LogP contribution is 2.23. The van der Waals surface area contributed by atoms with Crippen molar-refractivity contribution >= 4 is 0 Å². The van der Waals surface area contributed by atoms with E-state index in [0.29, 0.717) is 6.04 Å². The lowest BCUT2D eigenvalue weighted by atomic mass is 10.2. The Hall–Kier alpha value is -1.68. The van der Waals surface area contributed by atoms with Crippen LogP contribution in [-0.2, 0) is 7.05 Å². The second-order valence-electron chi connectivity index (χ2n) is 4.43. The second-order valence-corrected chi connectivity index (χ2v) is 4.43. The smallest absolute Gasteiger partial charge is 0.168 e. The van der Waals surface area contributed by atoms with Crippen molar-refractivity contribution in [3.8, 4) is 11.4 Å². The zero-order chi connectivity index (χ0) is 11.7. The molecule has 0 spiro atoms. The lowest BCUT2D eigenvalue weighted by molar-refractivity contribution is 0.595. The Bertz CT molecular complexity index is 497. The van der Waals surface area contributed by atoms with E-state index < -0.39 is 0 Å². The van der Waals surface area contributed by atoms with Crippen molar-refractivity contribution in [1.82, 2.24) is 20.1 Å². The van der Waals surface area contributed by atoms with Crippen LogP contribution in [0.25, 0.3) is 11.4 Å². The van der Waals surface area contributed by atoms with Crippen LogP contribution >= 0.6 is 0 Å². The quantitative estimate of drug-likeness (QED) is 0.853. The number of aryl methyl sites for hydroxylation is 1. The summed E-state index contributed by atoms with van der Waals surface area (Å²) in [7, 11) is 1.95. The molecule has 1 aliphatic heterocycles. The SMILES string of the molecule is Cn1nc(C2CCCN2)nc1-c1ccccc1. The molecule has 4 heteroatoms. The van der Waals surface area contributed by atoms with E-state index in [9.17, 15) is 0 Å². The summed E-state index contributed by atoms with van der Waals surface area (Å²) in [6.45, 7) is 1.07. The van der Waals surface area contributed by atoms with Crippen molar-refractivity contribution in [2.75, 3.05) is 6.54 Å². The molecule has 0 amide bonds. The molecule has 1 atom stereocenters. The third-order valence-electron chi connectivity index (χ3n) is 3.18. The predicted octanol–water partition coefficient (Wildman–Crippen LogP) is 1.91. The van der Waals surface area contributed by atoms with Crippen molar-refractivity contribution in [3.63, 3.8) is 0 Å². The summed E-state index contributed by atoms with van der Waals surface area (Å²) < 4.78 is 1.87. The van der Waals surface area contributed by atoms with E-state index in [4.69, 9.17) is 0 Å². The molecule has 1 unspecified atom stereocenters. The standard InChI is InChI=1S/C13H16N4/c1-17-13(10-6-3-2-4-7-10)15-12(16-17)11-8-5-9-14-11/h2-4,6-7,11,14H,5,8-9H2,1H3. The van der Waals surface area contributed by atoms with Crippen LogP contribution in [0.15, 0.2) is 30.3 Å². The minimum atomic E-state index is 0.332. The molecule has 1 saturated heterocycles. The van der Waals surface area contributed by atoms with Gasteiger partial charge in [-0.05, 0) is 19.4 Å². The first kappa shape index (κ1) is 10.5. The van der Waals surface area contributed by atoms with Crippen molar-refractivity contribution in [3.05, 3.63) is 36.2 Å². The van der Waals surface area contributed by atoms with Crippen LogP contribution in [0.2, 0.25) is 0 Å². The van der Waals surface area contributed by atoms with Gasteiger partial charge in [-0.3, -0.25) is 0 Å². The number of nitrogens with zero attached hydrogens (tertiary/aromatic N) is 3. The third kappa shape index (κ3) is 1.96. The van der Waals surface area contributed by atoms with Gasteiger partial charge in [0.2, 0.25) is 0 Å². The van der Waals surface area contributed by atoms with E-state index in [-0.39, 0.29) is 0 Å².